The average molecular weight is 1250 g/mol. The Labute approximate surface area is 558 Å². The van der Waals surface area contributed by atoms with Gasteiger partial charge in [-0.05, 0) is 171 Å². The Morgan fingerprint density at radius 3 is 0.577 bits per heavy atom. The minimum atomic E-state index is -3.80. The zero-order valence-corrected chi connectivity index (χ0v) is 53.6. The van der Waals surface area contributed by atoms with Crippen molar-refractivity contribution in [3.8, 4) is 45.0 Å². The Hall–Kier alpha value is -12.5. The van der Waals surface area contributed by atoms with Gasteiger partial charge in [0.05, 0.1) is 44.1 Å². The number of hydrogen-bond acceptors (Lipinski definition) is 0. The minimum Gasteiger partial charge on any atom is -0.309 e. The zero-order chi connectivity index (χ0) is 63.2. The lowest BCUT2D eigenvalue weighted by Gasteiger charge is -2.36. The molecule has 448 valence electrons. The van der Waals surface area contributed by atoms with Gasteiger partial charge in [-0.25, -0.2) is 0 Å². The van der Waals surface area contributed by atoms with E-state index >= 15 is 0 Å². The van der Waals surface area contributed by atoms with Crippen molar-refractivity contribution in [1.29, 1.82) is 0 Å². The van der Waals surface area contributed by atoms with Gasteiger partial charge in [-0.2, -0.15) is 0 Å². The van der Waals surface area contributed by atoms with Gasteiger partial charge in [0.2, 0.25) is 0 Å². The topological polar surface area (TPSA) is 19.7 Å². The monoisotopic (exact) mass is 1240 g/mol. The van der Waals surface area contributed by atoms with E-state index in [9.17, 15) is 0 Å². The molecular formula is C92H56N4Si. The first-order valence-electron chi connectivity index (χ1n) is 33.7. The Bertz CT molecular complexity index is 5900. The Morgan fingerprint density at radius 2 is 0.361 bits per heavy atom. The first-order chi connectivity index (χ1) is 48.1. The summed E-state index contributed by atoms with van der Waals surface area (Å²) in [7, 11) is -3.80. The Balaban J connectivity index is 0.949. The zero-order valence-electron chi connectivity index (χ0n) is 52.6. The number of nitrogens with zero attached hydrogens (tertiary/aromatic N) is 4. The van der Waals surface area contributed by atoms with Crippen LogP contribution < -0.4 is 20.7 Å². The first-order valence-corrected chi connectivity index (χ1v) is 35.7. The van der Waals surface area contributed by atoms with Crippen LogP contribution in [0.15, 0.2) is 340 Å². The van der Waals surface area contributed by atoms with Crippen molar-refractivity contribution in [2.45, 2.75) is 0 Å². The summed E-state index contributed by atoms with van der Waals surface area (Å²) < 4.78 is 10.4. The van der Waals surface area contributed by atoms with Crippen LogP contribution in [0.25, 0.3) is 175 Å². The summed E-state index contributed by atoms with van der Waals surface area (Å²) >= 11 is 0. The molecule has 0 N–H and O–H groups in total. The fourth-order valence-electron chi connectivity index (χ4n) is 17.8. The third kappa shape index (κ3) is 7.30. The molecule has 0 radical (unpaired) electrons. The molecule has 22 aromatic rings. The van der Waals surface area contributed by atoms with Crippen LogP contribution in [-0.2, 0) is 0 Å². The van der Waals surface area contributed by atoms with Gasteiger partial charge in [0.15, 0.2) is 8.07 Å². The minimum absolute atomic E-state index is 1.11. The largest absolute Gasteiger partial charge is 0.309 e. The summed E-state index contributed by atoms with van der Waals surface area (Å²) in [4.78, 5) is 0. The van der Waals surface area contributed by atoms with Gasteiger partial charge >= 0.3 is 0 Å². The number of rotatable bonds is 10. The van der Waals surface area contributed by atoms with Crippen molar-refractivity contribution in [1.82, 2.24) is 18.3 Å². The van der Waals surface area contributed by atoms with E-state index < -0.39 is 8.07 Å². The molecule has 0 spiro atoms. The van der Waals surface area contributed by atoms with E-state index in [1.165, 1.54) is 173 Å². The number of benzene rings is 18. The summed E-state index contributed by atoms with van der Waals surface area (Å²) in [5.41, 5.74) is 18.6. The molecule has 0 atom stereocenters. The van der Waals surface area contributed by atoms with Gasteiger partial charge in [0, 0.05) is 65.8 Å². The fourth-order valence-corrected chi connectivity index (χ4v) is 22.6. The molecule has 18 aromatic carbocycles. The van der Waals surface area contributed by atoms with Crippen LogP contribution in [0.2, 0.25) is 0 Å². The standard InChI is InChI=1S/C92H56N4Si/c1-3-15-57(16-4-1)59-43-47-73(48-44-59)97(74-49-45-60(46-50-74)58-17-5-2-6-18-58,75-53-69(93-77-27-7-19-61-35-36-62-20-8-28-78(93)86(62)85(61)77)51-70(54-75)94-79-29-9-21-63-37-38-64-22-10-30-80(94)88(64)87(63)79)76-55-71(95-81-31-11-23-65-39-40-66-24-12-32-82(95)90(66)89(65)81)52-72(56-76)96-83-33-13-25-67-41-42-68-26-14-34-84(96)92(68)91(67)83/h1-56H. The van der Waals surface area contributed by atoms with Crippen molar-refractivity contribution in [2.24, 2.45) is 0 Å². The smallest absolute Gasteiger partial charge is 0.179 e. The lowest BCUT2D eigenvalue weighted by molar-refractivity contribution is 1.14. The Kier molecular flexibility index (Phi) is 10.8. The fraction of sp³-hybridized carbons (Fsp3) is 0. The first kappa shape index (κ1) is 52.9. The van der Waals surface area contributed by atoms with E-state index in [1.54, 1.807) is 0 Å². The molecule has 0 bridgehead atoms. The molecule has 0 aliphatic carbocycles. The summed E-state index contributed by atoms with van der Waals surface area (Å²) in [5, 5.41) is 25.2. The molecule has 0 saturated heterocycles. The van der Waals surface area contributed by atoms with Gasteiger partial charge in [-0.15, -0.1) is 0 Å². The van der Waals surface area contributed by atoms with Crippen LogP contribution in [0.1, 0.15) is 0 Å². The lowest BCUT2D eigenvalue weighted by Crippen LogP contribution is -2.75. The normalized spacial score (nSPS) is 12.5. The van der Waals surface area contributed by atoms with Gasteiger partial charge in [-0.1, -0.05) is 255 Å². The lowest BCUT2D eigenvalue weighted by atomic mass is 10.0. The Morgan fingerprint density at radius 1 is 0.155 bits per heavy atom. The van der Waals surface area contributed by atoms with Crippen LogP contribution in [0.5, 0.6) is 0 Å². The molecule has 97 heavy (non-hydrogen) atoms. The van der Waals surface area contributed by atoms with Crippen molar-refractivity contribution in [2.75, 3.05) is 0 Å². The molecule has 22 rings (SSSR count). The highest BCUT2D eigenvalue weighted by Gasteiger charge is 2.44. The van der Waals surface area contributed by atoms with Crippen LogP contribution in [0.4, 0.5) is 0 Å². The maximum absolute atomic E-state index is 3.80. The van der Waals surface area contributed by atoms with Crippen molar-refractivity contribution in [3.05, 3.63) is 340 Å². The van der Waals surface area contributed by atoms with Gasteiger partial charge < -0.3 is 18.3 Å². The molecule has 4 aromatic heterocycles. The van der Waals surface area contributed by atoms with E-state index in [0.29, 0.717) is 0 Å². The second-order valence-electron chi connectivity index (χ2n) is 26.7. The molecule has 0 fully saturated rings. The maximum atomic E-state index is 2.62. The number of hydrogen-bond donors (Lipinski definition) is 0. The van der Waals surface area contributed by atoms with Crippen LogP contribution in [0, 0.1) is 0 Å². The molecule has 4 nitrogen and oxygen atoms in total. The number of aromatic nitrogens is 4. The quantitative estimate of drug-likeness (QED) is 0.0739. The molecular weight excluding hydrogens is 1190 g/mol. The van der Waals surface area contributed by atoms with Crippen LogP contribution >= 0.6 is 0 Å². The highest BCUT2D eigenvalue weighted by Crippen LogP contribution is 2.45. The van der Waals surface area contributed by atoms with Crippen molar-refractivity contribution < 1.29 is 0 Å². The van der Waals surface area contributed by atoms with Gasteiger partial charge in [0.25, 0.3) is 0 Å². The SMILES string of the molecule is c1ccc(-c2ccc([Si](c3ccc(-c4ccccc4)cc3)(c3cc(-n4c5cccc6ccc7cccc4c7c65)cc(-n4c5cccc6ccc7cccc4c7c65)c3)c3cc(-n4c5cccc6ccc7cccc4c7c65)cc(-n4c5cccc6ccc7cccc4c7c65)c3)cc2)cc1. The average Bonchev–Trinajstić information content (AvgIpc) is 1.69. The van der Waals surface area contributed by atoms with Gasteiger partial charge in [0.1, 0.15) is 0 Å². The van der Waals surface area contributed by atoms with E-state index in [0.717, 1.165) is 22.7 Å². The molecule has 0 unspecified atom stereocenters. The second-order valence-corrected chi connectivity index (χ2v) is 30.5. The summed E-state index contributed by atoms with van der Waals surface area (Å²) in [6.45, 7) is 0. The van der Waals surface area contributed by atoms with Crippen LogP contribution in [-0.4, -0.2) is 26.3 Å². The maximum Gasteiger partial charge on any atom is 0.179 e. The molecule has 5 heteroatoms. The molecule has 0 saturated carbocycles. The second kappa shape index (κ2) is 19.8. The van der Waals surface area contributed by atoms with Gasteiger partial charge in [-0.3, -0.25) is 0 Å². The molecule has 0 aliphatic rings. The van der Waals surface area contributed by atoms with E-state index in [2.05, 4.69) is 358 Å². The van der Waals surface area contributed by atoms with E-state index in [1.807, 2.05) is 0 Å². The third-order valence-corrected chi connectivity index (χ3v) is 26.6. The summed E-state index contributed by atoms with van der Waals surface area (Å²) in [5.74, 6) is 0. The van der Waals surface area contributed by atoms with Crippen molar-refractivity contribution in [3.63, 3.8) is 0 Å². The molecule has 4 heterocycles. The van der Waals surface area contributed by atoms with E-state index in [4.69, 9.17) is 0 Å². The van der Waals surface area contributed by atoms with E-state index in [-0.39, 0.29) is 0 Å². The highest BCUT2D eigenvalue weighted by atomic mass is 28.3. The highest BCUT2D eigenvalue weighted by molar-refractivity contribution is 7.20. The molecule has 0 amide bonds. The predicted molar refractivity (Wildman–Crippen MR) is 413 cm³/mol. The predicted octanol–water partition coefficient (Wildman–Crippen LogP) is 21.2. The molecule has 0 aliphatic heterocycles. The third-order valence-electron chi connectivity index (χ3n) is 21.8. The van der Waals surface area contributed by atoms with Crippen molar-refractivity contribution >= 4 is 159 Å². The summed E-state index contributed by atoms with van der Waals surface area (Å²) in [6, 6.07) is 130. The van der Waals surface area contributed by atoms with Crippen LogP contribution in [0.3, 0.4) is 0 Å². The summed E-state index contributed by atoms with van der Waals surface area (Å²) in [6.07, 6.45) is 0.